The summed E-state index contributed by atoms with van der Waals surface area (Å²) in [5.74, 6) is -6.32. The van der Waals surface area contributed by atoms with E-state index in [2.05, 4.69) is 20.7 Å². The molecule has 0 unspecified atom stereocenters. The summed E-state index contributed by atoms with van der Waals surface area (Å²) in [5.41, 5.74) is 5.00. The molecule has 4 nitrogen and oxygen atoms in total. The van der Waals surface area contributed by atoms with Gasteiger partial charge in [0.1, 0.15) is 11.8 Å². The maximum Gasteiger partial charge on any atom is 0.379 e. The van der Waals surface area contributed by atoms with Crippen LogP contribution in [0.2, 0.25) is 5.02 Å². The van der Waals surface area contributed by atoms with Gasteiger partial charge >= 0.3 is 11.9 Å². The first-order chi connectivity index (χ1) is 8.71. The van der Waals surface area contributed by atoms with Crippen molar-refractivity contribution in [3.8, 4) is 5.75 Å². The molecule has 3 N–H and O–H groups in total. The van der Waals surface area contributed by atoms with Crippen LogP contribution in [-0.2, 0) is 9.53 Å². The van der Waals surface area contributed by atoms with E-state index in [4.69, 9.17) is 17.3 Å². The summed E-state index contributed by atoms with van der Waals surface area (Å²) in [4.78, 5) is 11.2. The highest BCUT2D eigenvalue weighted by molar-refractivity contribution is 9.10. The molecule has 0 saturated heterocycles. The van der Waals surface area contributed by atoms with Crippen LogP contribution in [0.5, 0.6) is 5.75 Å². The minimum Gasteiger partial charge on any atom is -0.506 e. The van der Waals surface area contributed by atoms with E-state index in [0.717, 1.165) is 0 Å². The van der Waals surface area contributed by atoms with Crippen LogP contribution in [0.25, 0.3) is 0 Å². The summed E-state index contributed by atoms with van der Waals surface area (Å²) >= 11 is 8.70. The zero-order valence-electron chi connectivity index (χ0n) is 9.79. The number of halogens is 4. The van der Waals surface area contributed by atoms with Crippen molar-refractivity contribution < 1.29 is 23.4 Å². The SMILES string of the molecule is CCOC(=O)C(F)(F)[C@@H](N)c1cc(Br)cc(Cl)c1O. The minimum atomic E-state index is -3.97. The van der Waals surface area contributed by atoms with Gasteiger partial charge in [0.15, 0.2) is 0 Å². The fraction of sp³-hybridized carbons (Fsp3) is 0.364. The van der Waals surface area contributed by atoms with E-state index in [1.165, 1.54) is 19.1 Å². The fourth-order valence-electron chi connectivity index (χ4n) is 1.37. The van der Waals surface area contributed by atoms with Crippen LogP contribution in [0.1, 0.15) is 18.5 Å². The second-order valence-electron chi connectivity index (χ2n) is 3.65. The molecule has 1 aromatic rings. The Bertz CT molecular complexity index is 499. The Balaban J connectivity index is 3.19. The van der Waals surface area contributed by atoms with Crippen molar-refractivity contribution in [1.29, 1.82) is 0 Å². The molecule has 1 atom stereocenters. The summed E-state index contributed by atoms with van der Waals surface area (Å²) in [6.07, 6.45) is 0. The summed E-state index contributed by atoms with van der Waals surface area (Å²) in [7, 11) is 0. The molecule has 0 heterocycles. The molecule has 1 aromatic carbocycles. The Kier molecular flexibility index (Phi) is 5.11. The van der Waals surface area contributed by atoms with Crippen molar-refractivity contribution in [2.24, 2.45) is 5.73 Å². The summed E-state index contributed by atoms with van der Waals surface area (Å²) < 4.78 is 32.1. The Morgan fingerprint density at radius 3 is 2.74 bits per heavy atom. The third-order valence-electron chi connectivity index (χ3n) is 2.33. The zero-order valence-corrected chi connectivity index (χ0v) is 12.1. The van der Waals surface area contributed by atoms with Gasteiger partial charge in [-0.3, -0.25) is 0 Å². The molecule has 0 saturated carbocycles. The summed E-state index contributed by atoms with van der Waals surface area (Å²) in [5, 5.41) is 9.50. The van der Waals surface area contributed by atoms with Crippen LogP contribution in [0.3, 0.4) is 0 Å². The van der Waals surface area contributed by atoms with E-state index in [9.17, 15) is 18.7 Å². The van der Waals surface area contributed by atoms with E-state index >= 15 is 0 Å². The average molecular weight is 359 g/mol. The van der Waals surface area contributed by atoms with Crippen molar-refractivity contribution in [1.82, 2.24) is 0 Å². The molecule has 0 aliphatic rings. The largest absolute Gasteiger partial charge is 0.506 e. The number of nitrogens with two attached hydrogens (primary N) is 1. The molecule has 19 heavy (non-hydrogen) atoms. The van der Waals surface area contributed by atoms with Crippen molar-refractivity contribution in [2.45, 2.75) is 18.9 Å². The quantitative estimate of drug-likeness (QED) is 0.812. The van der Waals surface area contributed by atoms with Gasteiger partial charge < -0.3 is 15.6 Å². The first-order valence-electron chi connectivity index (χ1n) is 5.20. The van der Waals surface area contributed by atoms with Crippen LogP contribution >= 0.6 is 27.5 Å². The van der Waals surface area contributed by atoms with E-state index in [1.807, 2.05) is 0 Å². The maximum atomic E-state index is 13.8. The van der Waals surface area contributed by atoms with Crippen LogP contribution in [0.4, 0.5) is 8.78 Å². The molecular formula is C11H11BrClF2NO3. The molecule has 0 bridgehead atoms. The van der Waals surface area contributed by atoms with E-state index in [0.29, 0.717) is 4.47 Å². The number of benzene rings is 1. The smallest absolute Gasteiger partial charge is 0.379 e. The number of esters is 1. The van der Waals surface area contributed by atoms with Crippen LogP contribution in [0.15, 0.2) is 16.6 Å². The molecule has 0 fully saturated rings. The number of phenolic OH excluding ortho intramolecular Hbond substituents is 1. The average Bonchev–Trinajstić information content (AvgIpc) is 2.33. The molecule has 0 aliphatic heterocycles. The van der Waals surface area contributed by atoms with Gasteiger partial charge in [-0.25, -0.2) is 4.79 Å². The number of carbonyl (C=O) groups is 1. The van der Waals surface area contributed by atoms with Crippen LogP contribution in [-0.4, -0.2) is 23.6 Å². The van der Waals surface area contributed by atoms with Gasteiger partial charge in [-0.05, 0) is 19.1 Å². The molecule has 8 heteroatoms. The summed E-state index contributed by atoms with van der Waals surface area (Å²) in [6, 6.07) is 0.413. The highest BCUT2D eigenvalue weighted by Crippen LogP contribution is 2.40. The van der Waals surface area contributed by atoms with Crippen molar-refractivity contribution in [3.63, 3.8) is 0 Å². The number of alkyl halides is 2. The predicted octanol–water partition coefficient (Wildman–Crippen LogP) is 3.01. The lowest BCUT2D eigenvalue weighted by atomic mass is 10.0. The van der Waals surface area contributed by atoms with Gasteiger partial charge in [0.05, 0.1) is 11.6 Å². The van der Waals surface area contributed by atoms with Crippen molar-refractivity contribution in [2.75, 3.05) is 6.61 Å². The van der Waals surface area contributed by atoms with Crippen molar-refractivity contribution >= 4 is 33.5 Å². The van der Waals surface area contributed by atoms with Crippen LogP contribution in [0, 0.1) is 0 Å². The molecule has 0 aliphatic carbocycles. The Morgan fingerprint density at radius 2 is 2.21 bits per heavy atom. The van der Waals surface area contributed by atoms with Gasteiger partial charge in [0.2, 0.25) is 0 Å². The standard InChI is InChI=1S/C11H11BrClF2NO3/c1-2-19-10(18)11(14,15)9(16)6-3-5(12)4-7(13)8(6)17/h3-4,9,17H,2,16H2,1H3/t9-/m0/s1. The number of hydrogen-bond acceptors (Lipinski definition) is 4. The number of phenols is 1. The first kappa shape index (κ1) is 16.1. The molecule has 0 radical (unpaired) electrons. The lowest BCUT2D eigenvalue weighted by molar-refractivity contribution is -0.174. The van der Waals surface area contributed by atoms with Crippen molar-refractivity contribution in [3.05, 3.63) is 27.2 Å². The van der Waals surface area contributed by atoms with E-state index in [1.54, 1.807) is 0 Å². The monoisotopic (exact) mass is 357 g/mol. The number of carbonyl (C=O) groups excluding carboxylic acids is 1. The van der Waals surface area contributed by atoms with E-state index < -0.39 is 23.7 Å². The van der Waals surface area contributed by atoms with Gasteiger partial charge in [-0.2, -0.15) is 8.78 Å². The molecule has 0 aromatic heterocycles. The molecule has 106 valence electrons. The molecule has 0 amide bonds. The molecule has 0 spiro atoms. The number of ether oxygens (including phenoxy) is 1. The fourth-order valence-corrected chi connectivity index (χ4v) is 2.21. The number of rotatable bonds is 4. The lowest BCUT2D eigenvalue weighted by Gasteiger charge is -2.23. The minimum absolute atomic E-state index is 0.153. The Hall–Kier alpha value is -0.920. The van der Waals surface area contributed by atoms with Gasteiger partial charge in [-0.1, -0.05) is 27.5 Å². The lowest BCUT2D eigenvalue weighted by Crippen LogP contribution is -2.41. The zero-order chi connectivity index (χ0) is 14.8. The Morgan fingerprint density at radius 1 is 1.63 bits per heavy atom. The van der Waals surface area contributed by atoms with Gasteiger partial charge in [0.25, 0.3) is 0 Å². The van der Waals surface area contributed by atoms with Crippen LogP contribution < -0.4 is 5.73 Å². The van der Waals surface area contributed by atoms with Gasteiger partial charge in [-0.15, -0.1) is 0 Å². The first-order valence-corrected chi connectivity index (χ1v) is 6.37. The Labute approximate surface area is 121 Å². The molecular weight excluding hydrogens is 347 g/mol. The second-order valence-corrected chi connectivity index (χ2v) is 4.97. The molecule has 1 rings (SSSR count). The third-order valence-corrected chi connectivity index (χ3v) is 3.08. The number of aromatic hydroxyl groups is 1. The third kappa shape index (κ3) is 3.34. The topological polar surface area (TPSA) is 72.5 Å². The second kappa shape index (κ2) is 6.02. The number of hydrogen-bond donors (Lipinski definition) is 2. The normalized spacial score (nSPS) is 13.2. The highest BCUT2D eigenvalue weighted by Gasteiger charge is 2.48. The van der Waals surface area contributed by atoms with E-state index in [-0.39, 0.29) is 17.2 Å². The van der Waals surface area contributed by atoms with Gasteiger partial charge in [0, 0.05) is 10.0 Å². The highest BCUT2D eigenvalue weighted by atomic mass is 79.9. The predicted molar refractivity (Wildman–Crippen MR) is 69.3 cm³/mol. The maximum absolute atomic E-state index is 13.8. The summed E-state index contributed by atoms with van der Waals surface area (Å²) in [6.45, 7) is 1.19.